The first-order chi connectivity index (χ1) is 16.5. The van der Waals surface area contributed by atoms with Crippen LogP contribution >= 0.6 is 11.3 Å². The van der Waals surface area contributed by atoms with E-state index in [1.807, 2.05) is 0 Å². The molecule has 8 nitrogen and oxygen atoms in total. The van der Waals surface area contributed by atoms with E-state index >= 15 is 0 Å². The summed E-state index contributed by atoms with van der Waals surface area (Å²) < 4.78 is 65.7. The van der Waals surface area contributed by atoms with Crippen LogP contribution in [-0.4, -0.2) is 34.5 Å². The second kappa shape index (κ2) is 8.26. The van der Waals surface area contributed by atoms with Crippen molar-refractivity contribution in [2.45, 2.75) is 49.6 Å². The highest BCUT2D eigenvalue weighted by Crippen LogP contribution is 2.46. The Morgan fingerprint density at radius 3 is 2.54 bits per heavy atom. The molecule has 13 heteroatoms. The molecule has 2 fully saturated rings. The topological polar surface area (TPSA) is 114 Å². The van der Waals surface area contributed by atoms with E-state index in [0.29, 0.717) is 54.3 Å². The number of sulfonamides is 1. The monoisotopic (exact) mass is 523 g/mol. The minimum atomic E-state index is -4.61. The predicted octanol–water partition coefficient (Wildman–Crippen LogP) is 4.25. The maximum Gasteiger partial charge on any atom is 0.434 e. The number of rotatable bonds is 7. The number of aromatic nitrogens is 3. The number of hydrogen-bond acceptors (Lipinski definition) is 7. The summed E-state index contributed by atoms with van der Waals surface area (Å²) in [5.74, 6) is -0.352. The SMILES string of the molecule is Cc1cc(-c2cncc(C(F)(F)F)n2)ccc1C(=O)NC1(c2csc(NS(=O)(=O)C3CC3)n2)CC1. The lowest BCUT2D eigenvalue weighted by atomic mass is 10.0. The number of halogens is 3. The normalized spacial score (nSPS) is 17.1. The molecule has 2 N–H and O–H groups in total. The molecule has 0 spiro atoms. The smallest absolute Gasteiger partial charge is 0.341 e. The maximum absolute atomic E-state index is 13.0. The van der Waals surface area contributed by atoms with Gasteiger partial charge in [-0.15, -0.1) is 11.3 Å². The highest BCUT2D eigenvalue weighted by Gasteiger charge is 2.48. The highest BCUT2D eigenvalue weighted by atomic mass is 32.2. The van der Waals surface area contributed by atoms with Crippen molar-refractivity contribution in [3.8, 4) is 11.3 Å². The number of thiazole rings is 1. The number of benzene rings is 1. The molecule has 3 aromatic rings. The quantitative estimate of drug-likeness (QED) is 0.479. The van der Waals surface area contributed by atoms with E-state index in [0.717, 1.165) is 0 Å². The van der Waals surface area contributed by atoms with Crippen LogP contribution in [0.2, 0.25) is 0 Å². The molecule has 2 aromatic heterocycles. The predicted molar refractivity (Wildman–Crippen MR) is 123 cm³/mol. The third kappa shape index (κ3) is 4.87. The van der Waals surface area contributed by atoms with Crippen molar-refractivity contribution in [3.05, 3.63) is 58.5 Å². The van der Waals surface area contributed by atoms with Gasteiger partial charge in [-0.3, -0.25) is 14.5 Å². The third-order valence-electron chi connectivity index (χ3n) is 5.98. The summed E-state index contributed by atoms with van der Waals surface area (Å²) in [6, 6.07) is 4.65. The lowest BCUT2D eigenvalue weighted by Gasteiger charge is -2.17. The van der Waals surface area contributed by atoms with Crippen molar-refractivity contribution in [3.63, 3.8) is 0 Å². The second-order valence-electron chi connectivity index (χ2n) is 8.74. The Kier molecular flexibility index (Phi) is 5.59. The largest absolute Gasteiger partial charge is 0.434 e. The van der Waals surface area contributed by atoms with Gasteiger partial charge >= 0.3 is 6.18 Å². The number of carbonyl (C=O) groups is 1. The van der Waals surface area contributed by atoms with Crippen molar-refractivity contribution < 1.29 is 26.4 Å². The molecule has 184 valence electrons. The molecule has 1 aromatic carbocycles. The Labute approximate surface area is 203 Å². The van der Waals surface area contributed by atoms with Gasteiger partial charge < -0.3 is 5.32 Å². The zero-order chi connectivity index (χ0) is 25.0. The fourth-order valence-electron chi connectivity index (χ4n) is 3.70. The van der Waals surface area contributed by atoms with Crippen molar-refractivity contribution in [2.75, 3.05) is 4.72 Å². The molecule has 0 unspecified atom stereocenters. The van der Waals surface area contributed by atoms with Crippen LogP contribution in [0.3, 0.4) is 0 Å². The number of alkyl halides is 3. The van der Waals surface area contributed by atoms with Crippen LogP contribution in [-0.2, 0) is 21.7 Å². The molecule has 0 atom stereocenters. The summed E-state index contributed by atoms with van der Waals surface area (Å²) in [4.78, 5) is 24.7. The van der Waals surface area contributed by atoms with Gasteiger partial charge in [-0.1, -0.05) is 6.07 Å². The lowest BCUT2D eigenvalue weighted by Crippen LogP contribution is -2.35. The Morgan fingerprint density at radius 2 is 1.91 bits per heavy atom. The van der Waals surface area contributed by atoms with E-state index in [-0.39, 0.29) is 22.0 Å². The molecule has 0 aliphatic heterocycles. The molecule has 0 radical (unpaired) electrons. The standard InChI is InChI=1S/C22H20F3N5O3S2/c1-12-8-13(16-9-26-10-17(27-16)22(23,24)25)2-5-15(12)19(31)29-21(6-7-21)18-11-34-20(28-18)30-35(32,33)14-3-4-14/h2,5,8-11,14H,3-4,6-7H2,1H3,(H,28,30)(H,29,31). The van der Waals surface area contributed by atoms with Gasteiger partial charge in [-0.25, -0.2) is 18.4 Å². The van der Waals surface area contributed by atoms with Gasteiger partial charge in [-0.2, -0.15) is 13.2 Å². The first kappa shape index (κ1) is 23.7. The lowest BCUT2D eigenvalue weighted by molar-refractivity contribution is -0.141. The van der Waals surface area contributed by atoms with E-state index in [9.17, 15) is 26.4 Å². The van der Waals surface area contributed by atoms with Crippen LogP contribution in [0.25, 0.3) is 11.3 Å². The summed E-state index contributed by atoms with van der Waals surface area (Å²) in [5.41, 5.74) is 0.221. The van der Waals surface area contributed by atoms with Gasteiger partial charge in [-0.05, 0) is 50.3 Å². The van der Waals surface area contributed by atoms with Gasteiger partial charge in [0.15, 0.2) is 10.8 Å². The number of nitrogens with one attached hydrogen (secondary N) is 2. The van der Waals surface area contributed by atoms with Crippen LogP contribution in [0, 0.1) is 6.92 Å². The molecule has 2 heterocycles. The molecule has 5 rings (SSSR count). The molecule has 0 saturated heterocycles. The van der Waals surface area contributed by atoms with Crippen molar-refractivity contribution in [2.24, 2.45) is 0 Å². The fraction of sp³-hybridized carbons (Fsp3) is 0.364. The molecular weight excluding hydrogens is 503 g/mol. The van der Waals surface area contributed by atoms with Crippen LogP contribution in [0.15, 0.2) is 36.0 Å². The van der Waals surface area contributed by atoms with Crippen LogP contribution < -0.4 is 10.0 Å². The molecule has 2 aliphatic carbocycles. The second-order valence-corrected chi connectivity index (χ2v) is 11.6. The fourth-order valence-corrected chi connectivity index (χ4v) is 6.10. The molecular formula is C22H20F3N5O3S2. The van der Waals surface area contributed by atoms with Crippen molar-refractivity contribution >= 4 is 32.4 Å². The Morgan fingerprint density at radius 1 is 1.17 bits per heavy atom. The maximum atomic E-state index is 13.0. The minimum Gasteiger partial charge on any atom is -0.341 e. The Balaban J connectivity index is 1.32. The summed E-state index contributed by atoms with van der Waals surface area (Å²) >= 11 is 1.17. The van der Waals surface area contributed by atoms with Gasteiger partial charge in [0.05, 0.1) is 34.6 Å². The minimum absolute atomic E-state index is 0.0530. The number of hydrogen-bond donors (Lipinski definition) is 2. The summed E-state index contributed by atoms with van der Waals surface area (Å²) in [6.07, 6.45) is -0.0988. The third-order valence-corrected chi connectivity index (χ3v) is 8.70. The van der Waals surface area contributed by atoms with E-state index in [2.05, 4.69) is 25.0 Å². The zero-order valence-corrected chi connectivity index (χ0v) is 20.0. The number of nitrogens with zero attached hydrogens (tertiary/aromatic N) is 3. The Bertz CT molecular complexity index is 1410. The molecule has 2 aliphatic rings. The molecule has 2 saturated carbocycles. The number of carbonyl (C=O) groups excluding carboxylic acids is 1. The summed E-state index contributed by atoms with van der Waals surface area (Å²) in [6.45, 7) is 1.69. The van der Waals surface area contributed by atoms with E-state index in [4.69, 9.17) is 0 Å². The summed E-state index contributed by atoms with van der Waals surface area (Å²) in [7, 11) is -3.42. The van der Waals surface area contributed by atoms with Crippen molar-refractivity contribution in [1.29, 1.82) is 0 Å². The first-order valence-corrected chi connectivity index (χ1v) is 13.2. The summed E-state index contributed by atoms with van der Waals surface area (Å²) in [5, 5.41) is 4.64. The van der Waals surface area contributed by atoms with Gasteiger partial charge in [0, 0.05) is 16.5 Å². The average molecular weight is 524 g/mol. The number of anilines is 1. The zero-order valence-electron chi connectivity index (χ0n) is 18.4. The number of aryl methyl sites for hydroxylation is 1. The Hall–Kier alpha value is -3.06. The molecule has 1 amide bonds. The average Bonchev–Trinajstić information content (AvgIpc) is 3.72. The number of amides is 1. The van der Waals surface area contributed by atoms with Crippen LogP contribution in [0.5, 0.6) is 0 Å². The van der Waals surface area contributed by atoms with E-state index < -0.39 is 27.4 Å². The molecule has 35 heavy (non-hydrogen) atoms. The van der Waals surface area contributed by atoms with Crippen LogP contribution in [0.1, 0.15) is 53.0 Å². The highest BCUT2D eigenvalue weighted by molar-refractivity contribution is 7.93. The van der Waals surface area contributed by atoms with Gasteiger partial charge in [0.25, 0.3) is 5.91 Å². The van der Waals surface area contributed by atoms with Crippen LogP contribution in [0.4, 0.5) is 18.3 Å². The molecule has 0 bridgehead atoms. The van der Waals surface area contributed by atoms with E-state index in [1.54, 1.807) is 18.4 Å². The van der Waals surface area contributed by atoms with Gasteiger partial charge in [0.2, 0.25) is 10.0 Å². The van der Waals surface area contributed by atoms with Crippen molar-refractivity contribution in [1.82, 2.24) is 20.3 Å². The first-order valence-electron chi connectivity index (χ1n) is 10.8. The van der Waals surface area contributed by atoms with Gasteiger partial charge in [0.1, 0.15) is 0 Å². The van der Waals surface area contributed by atoms with E-state index in [1.165, 1.54) is 29.7 Å².